The van der Waals surface area contributed by atoms with E-state index in [0.717, 1.165) is 23.3 Å². The van der Waals surface area contributed by atoms with E-state index in [1.54, 1.807) is 12.1 Å². The molecular formula is C23H16F2N2O2. The summed E-state index contributed by atoms with van der Waals surface area (Å²) >= 11 is 0. The van der Waals surface area contributed by atoms with Crippen molar-refractivity contribution < 1.29 is 18.1 Å². The lowest BCUT2D eigenvalue weighted by Gasteiger charge is -2.05. The third kappa shape index (κ3) is 4.21. The molecule has 0 radical (unpaired) electrons. The van der Waals surface area contributed by atoms with Gasteiger partial charge >= 0.3 is 0 Å². The van der Waals surface area contributed by atoms with E-state index in [4.69, 9.17) is 4.52 Å². The molecule has 1 N–H and O–H groups in total. The SMILES string of the molecule is O=C(NCc1cc(-c2ccc(F)cc2F)on1)c1ccc(-c2ccccc2)cc1. The highest BCUT2D eigenvalue weighted by Gasteiger charge is 2.13. The number of rotatable bonds is 5. The number of benzene rings is 3. The third-order valence-corrected chi connectivity index (χ3v) is 4.44. The Morgan fingerprint density at radius 3 is 2.34 bits per heavy atom. The first-order chi connectivity index (χ1) is 14.1. The molecule has 0 saturated carbocycles. The number of nitrogens with zero attached hydrogens (tertiary/aromatic N) is 1. The summed E-state index contributed by atoms with van der Waals surface area (Å²) in [5.41, 5.74) is 3.14. The van der Waals surface area contributed by atoms with E-state index in [2.05, 4.69) is 10.5 Å². The summed E-state index contributed by atoms with van der Waals surface area (Å²) in [7, 11) is 0. The van der Waals surface area contributed by atoms with Gasteiger partial charge in [-0.25, -0.2) is 8.78 Å². The van der Waals surface area contributed by atoms with E-state index in [1.165, 1.54) is 12.1 Å². The topological polar surface area (TPSA) is 55.1 Å². The van der Waals surface area contributed by atoms with Crippen molar-refractivity contribution in [2.45, 2.75) is 6.54 Å². The van der Waals surface area contributed by atoms with E-state index in [1.807, 2.05) is 42.5 Å². The van der Waals surface area contributed by atoms with Crippen molar-refractivity contribution in [1.29, 1.82) is 0 Å². The average molecular weight is 390 g/mol. The van der Waals surface area contributed by atoms with Crippen molar-refractivity contribution in [2.24, 2.45) is 0 Å². The van der Waals surface area contributed by atoms with Crippen LogP contribution in [0.5, 0.6) is 0 Å². The van der Waals surface area contributed by atoms with E-state index in [-0.39, 0.29) is 23.8 Å². The molecule has 0 unspecified atom stereocenters. The van der Waals surface area contributed by atoms with Crippen LogP contribution in [-0.2, 0) is 6.54 Å². The number of hydrogen-bond acceptors (Lipinski definition) is 3. The van der Waals surface area contributed by atoms with Crippen LogP contribution in [0.2, 0.25) is 0 Å². The van der Waals surface area contributed by atoms with Crippen LogP contribution in [0.4, 0.5) is 8.78 Å². The van der Waals surface area contributed by atoms with Crippen LogP contribution >= 0.6 is 0 Å². The first-order valence-electron chi connectivity index (χ1n) is 8.95. The van der Waals surface area contributed by atoms with Gasteiger partial charge in [-0.1, -0.05) is 47.6 Å². The van der Waals surface area contributed by atoms with E-state index >= 15 is 0 Å². The minimum atomic E-state index is -0.741. The van der Waals surface area contributed by atoms with Crippen molar-refractivity contribution in [1.82, 2.24) is 10.5 Å². The van der Waals surface area contributed by atoms with Gasteiger partial charge in [0.15, 0.2) is 5.76 Å². The van der Waals surface area contributed by atoms with Gasteiger partial charge in [0.1, 0.15) is 17.3 Å². The standard InChI is InChI=1S/C23H16F2N2O2/c24-18-10-11-20(21(25)12-18)22-13-19(27-29-22)14-26-23(28)17-8-6-16(7-9-17)15-4-2-1-3-5-15/h1-13H,14H2,(H,26,28). The molecule has 144 valence electrons. The lowest BCUT2D eigenvalue weighted by molar-refractivity contribution is 0.0950. The first kappa shape index (κ1) is 18.6. The van der Waals surface area contributed by atoms with Gasteiger partial charge in [-0.3, -0.25) is 4.79 Å². The number of nitrogens with one attached hydrogen (secondary N) is 1. The molecular weight excluding hydrogens is 374 g/mol. The zero-order valence-electron chi connectivity index (χ0n) is 15.2. The summed E-state index contributed by atoms with van der Waals surface area (Å²) in [6, 6.07) is 21.8. The van der Waals surface area contributed by atoms with Crippen LogP contribution in [0.25, 0.3) is 22.5 Å². The van der Waals surface area contributed by atoms with Crippen molar-refractivity contribution in [2.75, 3.05) is 0 Å². The molecule has 1 heterocycles. The lowest BCUT2D eigenvalue weighted by Crippen LogP contribution is -2.22. The van der Waals surface area contributed by atoms with Crippen LogP contribution < -0.4 is 5.32 Å². The summed E-state index contributed by atoms with van der Waals surface area (Å²) in [5.74, 6) is -1.51. The lowest BCUT2D eigenvalue weighted by atomic mass is 10.0. The molecule has 4 aromatic rings. The first-order valence-corrected chi connectivity index (χ1v) is 8.95. The summed E-state index contributed by atoms with van der Waals surface area (Å²) in [5, 5.41) is 6.57. The molecule has 3 aromatic carbocycles. The molecule has 0 aliphatic rings. The highest BCUT2D eigenvalue weighted by molar-refractivity contribution is 5.94. The second-order valence-corrected chi connectivity index (χ2v) is 6.43. The van der Waals surface area contributed by atoms with Crippen LogP contribution in [0.15, 0.2) is 83.4 Å². The van der Waals surface area contributed by atoms with Crippen LogP contribution in [0.3, 0.4) is 0 Å². The smallest absolute Gasteiger partial charge is 0.251 e. The van der Waals surface area contributed by atoms with Gasteiger partial charge in [-0.2, -0.15) is 0 Å². The molecule has 0 aliphatic heterocycles. The number of amides is 1. The maximum absolute atomic E-state index is 13.8. The molecule has 1 aromatic heterocycles. The Kier molecular flexibility index (Phi) is 5.16. The zero-order chi connectivity index (χ0) is 20.2. The van der Waals surface area contributed by atoms with E-state index in [9.17, 15) is 13.6 Å². The molecule has 0 saturated heterocycles. The van der Waals surface area contributed by atoms with Gasteiger partial charge in [-0.05, 0) is 35.4 Å². The molecule has 4 rings (SSSR count). The molecule has 1 amide bonds. The maximum atomic E-state index is 13.8. The molecule has 0 spiro atoms. The quantitative estimate of drug-likeness (QED) is 0.509. The monoisotopic (exact) mass is 390 g/mol. The zero-order valence-corrected chi connectivity index (χ0v) is 15.2. The fraction of sp³-hybridized carbons (Fsp3) is 0.0435. The second-order valence-electron chi connectivity index (χ2n) is 6.43. The minimum absolute atomic E-state index is 0.105. The normalized spacial score (nSPS) is 10.7. The van der Waals surface area contributed by atoms with Gasteiger partial charge in [0.05, 0.1) is 12.1 Å². The molecule has 0 fully saturated rings. The molecule has 29 heavy (non-hydrogen) atoms. The van der Waals surface area contributed by atoms with Gasteiger partial charge in [0.2, 0.25) is 0 Å². The Hall–Kier alpha value is -3.80. The maximum Gasteiger partial charge on any atom is 0.251 e. The van der Waals surface area contributed by atoms with E-state index < -0.39 is 11.6 Å². The molecule has 0 bridgehead atoms. The van der Waals surface area contributed by atoms with Gasteiger partial charge in [0.25, 0.3) is 5.91 Å². The Labute approximate surface area is 165 Å². The number of carbonyl (C=O) groups excluding carboxylic acids is 1. The molecule has 0 aliphatic carbocycles. The molecule has 4 nitrogen and oxygen atoms in total. The predicted octanol–water partition coefficient (Wildman–Crippen LogP) is 5.22. The highest BCUT2D eigenvalue weighted by Crippen LogP contribution is 2.24. The van der Waals surface area contributed by atoms with Crippen molar-refractivity contribution in [3.8, 4) is 22.5 Å². The van der Waals surface area contributed by atoms with Crippen molar-refractivity contribution in [3.05, 3.63) is 102 Å². The largest absolute Gasteiger partial charge is 0.356 e. The van der Waals surface area contributed by atoms with Crippen LogP contribution in [-0.4, -0.2) is 11.1 Å². The highest BCUT2D eigenvalue weighted by atomic mass is 19.1. The Balaban J connectivity index is 1.40. The number of hydrogen-bond donors (Lipinski definition) is 1. The summed E-state index contributed by atoms with van der Waals surface area (Å²) in [6.07, 6.45) is 0. The Morgan fingerprint density at radius 1 is 0.897 bits per heavy atom. The molecule has 0 atom stereocenters. The Morgan fingerprint density at radius 2 is 1.62 bits per heavy atom. The van der Waals surface area contributed by atoms with Gasteiger partial charge < -0.3 is 9.84 Å². The average Bonchev–Trinajstić information content (AvgIpc) is 3.21. The van der Waals surface area contributed by atoms with Crippen molar-refractivity contribution >= 4 is 5.91 Å². The fourth-order valence-electron chi connectivity index (χ4n) is 2.93. The summed E-state index contributed by atoms with van der Waals surface area (Å²) in [4.78, 5) is 12.4. The summed E-state index contributed by atoms with van der Waals surface area (Å²) in [6.45, 7) is 0.117. The summed E-state index contributed by atoms with van der Waals surface area (Å²) < 4.78 is 32.0. The minimum Gasteiger partial charge on any atom is -0.356 e. The number of halogens is 2. The third-order valence-electron chi connectivity index (χ3n) is 4.44. The number of aromatic nitrogens is 1. The Bertz CT molecular complexity index is 1140. The van der Waals surface area contributed by atoms with E-state index in [0.29, 0.717) is 11.3 Å². The predicted molar refractivity (Wildman–Crippen MR) is 105 cm³/mol. The van der Waals surface area contributed by atoms with Gasteiger partial charge in [0, 0.05) is 17.7 Å². The molecule has 6 heteroatoms. The fourth-order valence-corrected chi connectivity index (χ4v) is 2.93. The van der Waals surface area contributed by atoms with Gasteiger partial charge in [-0.15, -0.1) is 0 Å². The number of carbonyl (C=O) groups is 1. The second kappa shape index (κ2) is 8.06. The van der Waals surface area contributed by atoms with Crippen LogP contribution in [0.1, 0.15) is 16.1 Å². The van der Waals surface area contributed by atoms with Crippen LogP contribution in [0, 0.1) is 11.6 Å². The van der Waals surface area contributed by atoms with Crippen molar-refractivity contribution in [3.63, 3.8) is 0 Å².